The van der Waals surface area contributed by atoms with Gasteiger partial charge >= 0.3 is 0 Å². The Balaban J connectivity index is 0.000000161. The summed E-state index contributed by atoms with van der Waals surface area (Å²) in [4.78, 5) is 11.4. The minimum atomic E-state index is 0.0746. The molecule has 116 valence electrons. The zero-order chi connectivity index (χ0) is 15.2. The molecule has 2 heterocycles. The molecule has 1 amide bonds. The van der Waals surface area contributed by atoms with E-state index >= 15 is 0 Å². The van der Waals surface area contributed by atoms with Crippen LogP contribution in [-0.4, -0.2) is 42.7 Å². The van der Waals surface area contributed by atoms with Crippen molar-refractivity contribution in [2.24, 2.45) is 0 Å². The van der Waals surface area contributed by atoms with Crippen LogP contribution in [-0.2, 0) is 4.79 Å². The Hall–Kier alpha value is -1.01. The highest BCUT2D eigenvalue weighted by Crippen LogP contribution is 2.25. The molecule has 2 aliphatic heterocycles. The van der Waals surface area contributed by atoms with E-state index in [2.05, 4.69) is 16.0 Å². The molecule has 4 N–H and O–H groups in total. The molecule has 2 saturated heterocycles. The topological polar surface area (TPSA) is 73.4 Å². The number of nitrogens with one attached hydrogen (secondary N) is 3. The van der Waals surface area contributed by atoms with Crippen molar-refractivity contribution in [2.75, 3.05) is 19.6 Å². The van der Waals surface area contributed by atoms with E-state index in [0.717, 1.165) is 32.5 Å². The molecule has 0 aliphatic carbocycles. The highest BCUT2D eigenvalue weighted by molar-refractivity contribution is 6.42. The van der Waals surface area contributed by atoms with E-state index < -0.39 is 0 Å². The van der Waals surface area contributed by atoms with Crippen molar-refractivity contribution in [3.05, 3.63) is 28.2 Å². The molecule has 0 spiro atoms. The minimum absolute atomic E-state index is 0.0746. The first kappa shape index (κ1) is 16.4. The molecule has 1 unspecified atom stereocenters. The molecule has 21 heavy (non-hydrogen) atoms. The van der Waals surface area contributed by atoms with Crippen molar-refractivity contribution in [3.63, 3.8) is 0 Å². The summed E-state index contributed by atoms with van der Waals surface area (Å²) in [5.41, 5.74) is 0. The minimum Gasteiger partial charge on any atom is -0.508 e. The molecule has 1 atom stereocenters. The van der Waals surface area contributed by atoms with E-state index in [-0.39, 0.29) is 17.7 Å². The number of carbonyl (C=O) groups is 1. The summed E-state index contributed by atoms with van der Waals surface area (Å²) in [5, 5.41) is 18.9. The molecular weight excluding hydrogens is 313 g/mol. The van der Waals surface area contributed by atoms with Crippen LogP contribution in [0.1, 0.15) is 12.8 Å². The lowest BCUT2D eigenvalue weighted by Gasteiger charge is -2.29. The normalized spacial score (nSPS) is 21.1. The van der Waals surface area contributed by atoms with Crippen molar-refractivity contribution in [3.8, 4) is 5.75 Å². The number of aromatic hydroxyl groups is 1. The molecule has 2 aliphatic rings. The van der Waals surface area contributed by atoms with Gasteiger partial charge in [-0.25, -0.2) is 0 Å². The second-order valence-electron chi connectivity index (χ2n) is 5.11. The molecule has 5 nitrogen and oxygen atoms in total. The second-order valence-corrected chi connectivity index (χ2v) is 5.93. The van der Waals surface area contributed by atoms with Gasteiger partial charge in [0.05, 0.1) is 22.1 Å². The van der Waals surface area contributed by atoms with Gasteiger partial charge in [0, 0.05) is 13.1 Å². The van der Waals surface area contributed by atoms with E-state index in [0.29, 0.717) is 16.1 Å². The van der Waals surface area contributed by atoms with Gasteiger partial charge in [-0.15, -0.1) is 0 Å². The summed E-state index contributed by atoms with van der Waals surface area (Å²) in [6.45, 7) is 2.85. The molecule has 0 bridgehead atoms. The molecule has 2 fully saturated rings. The monoisotopic (exact) mass is 331 g/mol. The van der Waals surface area contributed by atoms with Crippen LogP contribution in [0.25, 0.3) is 0 Å². The van der Waals surface area contributed by atoms with E-state index in [1.165, 1.54) is 12.1 Å². The summed E-state index contributed by atoms with van der Waals surface area (Å²) in [6, 6.07) is 4.86. The third-order valence-electron chi connectivity index (χ3n) is 3.41. The van der Waals surface area contributed by atoms with Gasteiger partial charge in [0.15, 0.2) is 0 Å². The highest BCUT2D eigenvalue weighted by Gasteiger charge is 2.26. The second kappa shape index (κ2) is 7.84. The maximum Gasteiger partial charge on any atom is 0.237 e. The van der Waals surface area contributed by atoms with E-state index in [4.69, 9.17) is 28.3 Å². The number of halogens is 2. The van der Waals surface area contributed by atoms with Gasteiger partial charge in [-0.05, 0) is 37.6 Å². The number of amides is 1. The zero-order valence-electron chi connectivity index (χ0n) is 11.5. The van der Waals surface area contributed by atoms with Crippen molar-refractivity contribution >= 4 is 29.1 Å². The molecule has 0 aromatic heterocycles. The number of carbonyl (C=O) groups excluding carboxylic acids is 1. The largest absolute Gasteiger partial charge is 0.508 e. The van der Waals surface area contributed by atoms with Gasteiger partial charge in [-0.3, -0.25) is 4.79 Å². The smallest absolute Gasteiger partial charge is 0.237 e. The van der Waals surface area contributed by atoms with Crippen LogP contribution in [0.5, 0.6) is 5.75 Å². The van der Waals surface area contributed by atoms with Gasteiger partial charge in [-0.2, -0.15) is 0 Å². The molecule has 0 saturated carbocycles. The summed E-state index contributed by atoms with van der Waals surface area (Å²) in [5.74, 6) is 0.309. The van der Waals surface area contributed by atoms with Gasteiger partial charge < -0.3 is 21.1 Å². The van der Waals surface area contributed by atoms with E-state index in [1.807, 2.05) is 0 Å². The maximum absolute atomic E-state index is 11.4. The van der Waals surface area contributed by atoms with E-state index in [9.17, 15) is 4.79 Å². The summed E-state index contributed by atoms with van der Waals surface area (Å²) < 4.78 is 0. The predicted octanol–water partition coefficient (Wildman–Crippen LogP) is 1.53. The third kappa shape index (κ3) is 5.04. The molecule has 3 rings (SSSR count). The van der Waals surface area contributed by atoms with Crippen LogP contribution in [0.3, 0.4) is 0 Å². The first-order chi connectivity index (χ1) is 10.1. The quantitative estimate of drug-likeness (QED) is 0.663. The highest BCUT2D eigenvalue weighted by atomic mass is 35.5. The Morgan fingerprint density at radius 3 is 2.52 bits per heavy atom. The Labute approximate surface area is 134 Å². The summed E-state index contributed by atoms with van der Waals surface area (Å²) in [7, 11) is 0. The number of hydrogen-bond acceptors (Lipinski definition) is 4. The first-order valence-electron chi connectivity index (χ1n) is 6.95. The number of hydrogen-bond donors (Lipinski definition) is 4. The molecule has 7 heteroatoms. The Morgan fingerprint density at radius 2 is 2.05 bits per heavy atom. The number of benzene rings is 1. The maximum atomic E-state index is 11.4. The molecule has 0 radical (unpaired) electrons. The summed E-state index contributed by atoms with van der Waals surface area (Å²) >= 11 is 11.1. The molecular formula is C14H19Cl2N3O2. The molecule has 1 aromatic rings. The van der Waals surface area contributed by atoms with Crippen molar-refractivity contribution in [1.29, 1.82) is 0 Å². The van der Waals surface area contributed by atoms with Crippen LogP contribution in [0.2, 0.25) is 10.0 Å². The average molecular weight is 332 g/mol. The average Bonchev–Trinajstić information content (AvgIpc) is 2.93. The fraction of sp³-hybridized carbons (Fsp3) is 0.500. The zero-order valence-corrected chi connectivity index (χ0v) is 13.0. The number of phenolic OH excluding ortho intramolecular Hbond substituents is 1. The third-order valence-corrected chi connectivity index (χ3v) is 4.15. The van der Waals surface area contributed by atoms with Gasteiger partial charge in [0.2, 0.25) is 5.91 Å². The van der Waals surface area contributed by atoms with Crippen LogP contribution < -0.4 is 16.0 Å². The van der Waals surface area contributed by atoms with Crippen molar-refractivity contribution < 1.29 is 9.90 Å². The van der Waals surface area contributed by atoms with Crippen LogP contribution >= 0.6 is 23.2 Å². The fourth-order valence-electron chi connectivity index (χ4n) is 2.09. The van der Waals surface area contributed by atoms with Gasteiger partial charge in [0.25, 0.3) is 0 Å². The van der Waals surface area contributed by atoms with Crippen molar-refractivity contribution in [1.82, 2.24) is 16.0 Å². The molecule has 1 aromatic carbocycles. The number of rotatable bonds is 2. The Morgan fingerprint density at radius 1 is 1.29 bits per heavy atom. The first-order valence-corrected chi connectivity index (χ1v) is 7.70. The van der Waals surface area contributed by atoms with Gasteiger partial charge in [0.1, 0.15) is 5.75 Å². The Kier molecular flexibility index (Phi) is 6.11. The van der Waals surface area contributed by atoms with Gasteiger partial charge in [-0.1, -0.05) is 23.2 Å². The lowest BCUT2D eigenvalue weighted by Crippen LogP contribution is -2.59. The van der Waals surface area contributed by atoms with Crippen LogP contribution in [0.15, 0.2) is 18.2 Å². The van der Waals surface area contributed by atoms with Crippen LogP contribution in [0.4, 0.5) is 0 Å². The standard InChI is InChI=1S/C8H15N3O.C6H4Cl2O/c12-8(7-2-1-3-10-7)11-6-4-9-5-6;7-5-2-1-4(9)3-6(5)8/h6-7,9-10H,1-5H2,(H,11,12);1-3,9H. The SMILES string of the molecule is O=C(NC1CNC1)C1CCCN1.Oc1ccc(Cl)c(Cl)c1. The van der Waals surface area contributed by atoms with Crippen LogP contribution in [0, 0.1) is 0 Å². The van der Waals surface area contributed by atoms with E-state index in [1.54, 1.807) is 6.07 Å². The lowest BCUT2D eigenvalue weighted by molar-refractivity contribution is -0.123. The number of phenols is 1. The summed E-state index contributed by atoms with van der Waals surface area (Å²) in [6.07, 6.45) is 2.12. The lowest BCUT2D eigenvalue weighted by atomic mass is 10.1. The predicted molar refractivity (Wildman–Crippen MR) is 84.0 cm³/mol. The fourth-order valence-corrected chi connectivity index (χ4v) is 2.38. The Bertz CT molecular complexity index is 489. The van der Waals surface area contributed by atoms with Crippen molar-refractivity contribution in [2.45, 2.75) is 24.9 Å².